The average molecular weight is 285 g/mol. The summed E-state index contributed by atoms with van der Waals surface area (Å²) in [5.41, 5.74) is 1.56. The van der Waals surface area contributed by atoms with Crippen LogP contribution in [0.25, 0.3) is 0 Å². The molecule has 0 aliphatic heterocycles. The maximum Gasteiger partial charge on any atom is 0.230 e. The molecule has 4 aliphatic rings. The Bertz CT molecular complexity index is 531. The highest BCUT2D eigenvalue weighted by Crippen LogP contribution is 2.60. The Labute approximate surface area is 125 Å². The number of anilines is 1. The second-order valence-electron chi connectivity index (χ2n) is 7.51. The minimum Gasteiger partial charge on any atom is -0.392 e. The molecule has 1 amide bonds. The summed E-state index contributed by atoms with van der Waals surface area (Å²) in [5.74, 6) is 2.57. The molecule has 1 aromatic rings. The van der Waals surface area contributed by atoms with Gasteiger partial charge in [-0.3, -0.25) is 4.79 Å². The molecule has 3 heteroatoms. The fraction of sp³-hybridized carbons (Fsp3) is 0.611. The van der Waals surface area contributed by atoms with E-state index in [1.54, 1.807) is 0 Å². The zero-order valence-corrected chi connectivity index (χ0v) is 12.3. The standard InChI is InChI=1S/C18H23NO2/c20-11-12-2-1-3-16(7-12)19-17(21)18-8-13-4-14(9-18)6-15(5-13)10-18/h1-3,7,13-15,20H,4-6,8-11H2,(H,19,21). The van der Waals surface area contributed by atoms with Gasteiger partial charge in [-0.15, -0.1) is 0 Å². The van der Waals surface area contributed by atoms with E-state index in [1.807, 2.05) is 24.3 Å². The largest absolute Gasteiger partial charge is 0.392 e. The topological polar surface area (TPSA) is 49.3 Å². The smallest absolute Gasteiger partial charge is 0.230 e. The molecule has 0 radical (unpaired) electrons. The number of aliphatic hydroxyl groups is 1. The van der Waals surface area contributed by atoms with Crippen LogP contribution in [0.5, 0.6) is 0 Å². The second-order valence-corrected chi connectivity index (χ2v) is 7.51. The molecule has 4 aliphatic carbocycles. The SMILES string of the molecule is O=C(Nc1cccc(CO)c1)C12CC3CC(CC(C3)C1)C2. The lowest BCUT2D eigenvalue weighted by Crippen LogP contribution is -2.51. The van der Waals surface area contributed by atoms with E-state index in [9.17, 15) is 9.90 Å². The van der Waals surface area contributed by atoms with Crippen LogP contribution < -0.4 is 5.32 Å². The molecule has 0 aromatic heterocycles. The van der Waals surface area contributed by atoms with Crippen LogP contribution in [0.4, 0.5) is 5.69 Å². The lowest BCUT2D eigenvalue weighted by molar-refractivity contribution is -0.140. The minimum absolute atomic E-state index is 0.0150. The van der Waals surface area contributed by atoms with E-state index < -0.39 is 0 Å². The minimum atomic E-state index is -0.107. The first kappa shape index (κ1) is 13.3. The molecular weight excluding hydrogens is 262 g/mol. The van der Waals surface area contributed by atoms with Crippen molar-refractivity contribution in [3.8, 4) is 0 Å². The molecule has 112 valence electrons. The van der Waals surface area contributed by atoms with Gasteiger partial charge in [0.25, 0.3) is 0 Å². The summed E-state index contributed by atoms with van der Waals surface area (Å²) in [6, 6.07) is 7.55. The Balaban J connectivity index is 1.54. The molecule has 4 saturated carbocycles. The van der Waals surface area contributed by atoms with Crippen molar-refractivity contribution in [2.24, 2.45) is 23.2 Å². The predicted molar refractivity (Wildman–Crippen MR) is 81.6 cm³/mol. The molecule has 3 nitrogen and oxygen atoms in total. The van der Waals surface area contributed by atoms with E-state index >= 15 is 0 Å². The van der Waals surface area contributed by atoms with E-state index in [0.717, 1.165) is 48.3 Å². The van der Waals surface area contributed by atoms with Gasteiger partial charge in [-0.05, 0) is 74.0 Å². The Morgan fingerprint density at radius 2 is 1.76 bits per heavy atom. The third kappa shape index (κ3) is 2.28. The number of rotatable bonds is 3. The molecule has 2 N–H and O–H groups in total. The highest BCUT2D eigenvalue weighted by Gasteiger charge is 2.54. The molecule has 1 aromatic carbocycles. The van der Waals surface area contributed by atoms with Crippen LogP contribution in [0.3, 0.4) is 0 Å². The summed E-state index contributed by atoms with van der Waals surface area (Å²) in [6.45, 7) is 0.0150. The summed E-state index contributed by atoms with van der Waals surface area (Å²) in [6.07, 6.45) is 7.32. The third-order valence-corrected chi connectivity index (χ3v) is 5.89. The Hall–Kier alpha value is -1.35. The number of benzene rings is 1. The van der Waals surface area contributed by atoms with Crippen molar-refractivity contribution in [1.29, 1.82) is 0 Å². The number of aliphatic hydroxyl groups excluding tert-OH is 1. The van der Waals surface area contributed by atoms with Gasteiger partial charge < -0.3 is 10.4 Å². The summed E-state index contributed by atoms with van der Waals surface area (Å²) in [7, 11) is 0. The maximum atomic E-state index is 12.9. The Kier molecular flexibility index (Phi) is 3.07. The zero-order valence-electron chi connectivity index (χ0n) is 12.3. The number of hydrogen-bond donors (Lipinski definition) is 2. The number of carbonyl (C=O) groups is 1. The van der Waals surface area contributed by atoms with E-state index in [-0.39, 0.29) is 17.9 Å². The van der Waals surface area contributed by atoms with Gasteiger partial charge in [0.15, 0.2) is 0 Å². The van der Waals surface area contributed by atoms with E-state index in [1.165, 1.54) is 19.3 Å². The number of hydrogen-bond acceptors (Lipinski definition) is 2. The van der Waals surface area contributed by atoms with Crippen LogP contribution in [0.2, 0.25) is 0 Å². The molecular formula is C18H23NO2. The van der Waals surface area contributed by atoms with Crippen molar-refractivity contribution < 1.29 is 9.90 Å². The van der Waals surface area contributed by atoms with E-state index in [0.29, 0.717) is 0 Å². The molecule has 0 heterocycles. The van der Waals surface area contributed by atoms with E-state index in [4.69, 9.17) is 0 Å². The van der Waals surface area contributed by atoms with Crippen LogP contribution >= 0.6 is 0 Å². The fourth-order valence-electron chi connectivity index (χ4n) is 5.40. The molecule has 4 fully saturated rings. The Morgan fingerprint density at radius 1 is 1.14 bits per heavy atom. The first-order valence-electron chi connectivity index (χ1n) is 8.18. The lowest BCUT2D eigenvalue weighted by Gasteiger charge is -2.55. The molecule has 0 atom stereocenters. The van der Waals surface area contributed by atoms with Gasteiger partial charge in [0.2, 0.25) is 5.91 Å². The van der Waals surface area contributed by atoms with Crippen LogP contribution in [-0.4, -0.2) is 11.0 Å². The molecule has 0 spiro atoms. The first-order valence-corrected chi connectivity index (χ1v) is 8.18. The van der Waals surface area contributed by atoms with Crippen molar-refractivity contribution >= 4 is 11.6 Å². The van der Waals surface area contributed by atoms with Gasteiger partial charge >= 0.3 is 0 Å². The van der Waals surface area contributed by atoms with Crippen LogP contribution in [-0.2, 0) is 11.4 Å². The first-order chi connectivity index (χ1) is 10.2. The normalized spacial score (nSPS) is 36.7. The predicted octanol–water partition coefficient (Wildman–Crippen LogP) is 3.33. The van der Waals surface area contributed by atoms with Crippen molar-refractivity contribution in [1.82, 2.24) is 0 Å². The number of nitrogens with one attached hydrogen (secondary N) is 1. The zero-order chi connectivity index (χ0) is 14.4. The fourth-order valence-corrected chi connectivity index (χ4v) is 5.40. The molecule has 0 unspecified atom stereocenters. The van der Waals surface area contributed by atoms with Crippen molar-refractivity contribution in [2.75, 3.05) is 5.32 Å². The van der Waals surface area contributed by atoms with Gasteiger partial charge in [0.05, 0.1) is 12.0 Å². The van der Waals surface area contributed by atoms with Gasteiger partial charge in [-0.25, -0.2) is 0 Å². The average Bonchev–Trinajstić information content (AvgIpc) is 2.46. The summed E-state index contributed by atoms with van der Waals surface area (Å²) < 4.78 is 0. The van der Waals surface area contributed by atoms with Gasteiger partial charge in [0, 0.05) is 5.69 Å². The summed E-state index contributed by atoms with van der Waals surface area (Å²) >= 11 is 0. The second kappa shape index (κ2) is 4.84. The third-order valence-electron chi connectivity index (χ3n) is 5.89. The molecule has 4 bridgehead atoms. The summed E-state index contributed by atoms with van der Waals surface area (Å²) in [4.78, 5) is 12.9. The van der Waals surface area contributed by atoms with Gasteiger partial charge in [0.1, 0.15) is 0 Å². The van der Waals surface area contributed by atoms with Crippen molar-refractivity contribution in [2.45, 2.75) is 45.1 Å². The van der Waals surface area contributed by atoms with E-state index in [2.05, 4.69) is 5.32 Å². The highest BCUT2D eigenvalue weighted by molar-refractivity contribution is 5.95. The molecule has 0 saturated heterocycles. The lowest BCUT2D eigenvalue weighted by atomic mass is 9.49. The molecule has 21 heavy (non-hydrogen) atoms. The molecule has 5 rings (SSSR count). The van der Waals surface area contributed by atoms with Crippen LogP contribution in [0, 0.1) is 23.2 Å². The van der Waals surface area contributed by atoms with Gasteiger partial charge in [-0.1, -0.05) is 12.1 Å². The Morgan fingerprint density at radius 3 is 2.33 bits per heavy atom. The number of amides is 1. The van der Waals surface area contributed by atoms with Crippen molar-refractivity contribution in [3.05, 3.63) is 29.8 Å². The quantitative estimate of drug-likeness (QED) is 0.895. The summed E-state index contributed by atoms with van der Waals surface area (Å²) in [5, 5.41) is 12.3. The number of carbonyl (C=O) groups excluding carboxylic acids is 1. The maximum absolute atomic E-state index is 12.9. The van der Waals surface area contributed by atoms with Crippen molar-refractivity contribution in [3.63, 3.8) is 0 Å². The van der Waals surface area contributed by atoms with Gasteiger partial charge in [-0.2, -0.15) is 0 Å². The highest BCUT2D eigenvalue weighted by atomic mass is 16.3. The monoisotopic (exact) mass is 285 g/mol. The van der Waals surface area contributed by atoms with Crippen LogP contribution in [0.1, 0.15) is 44.1 Å². The van der Waals surface area contributed by atoms with Crippen LogP contribution in [0.15, 0.2) is 24.3 Å².